The van der Waals surface area contributed by atoms with E-state index in [-0.39, 0.29) is 28.3 Å². The Balaban J connectivity index is 2.28. The second-order valence-electron chi connectivity index (χ2n) is 8.74. The highest BCUT2D eigenvalue weighted by Gasteiger charge is 2.30. The molecule has 1 aliphatic rings. The van der Waals surface area contributed by atoms with Gasteiger partial charge in [-0.15, -0.1) is 0 Å². The van der Waals surface area contributed by atoms with Crippen LogP contribution in [-0.2, 0) is 31.4 Å². The topological polar surface area (TPSA) is 126 Å². The van der Waals surface area contributed by atoms with Crippen molar-refractivity contribution >= 4 is 26.0 Å². The molecule has 1 aromatic heterocycles. The normalized spacial score (nSPS) is 20.6. The van der Waals surface area contributed by atoms with Crippen LogP contribution in [0.3, 0.4) is 0 Å². The number of hydrogen-bond donors (Lipinski definition) is 3. The van der Waals surface area contributed by atoms with Gasteiger partial charge in [-0.3, -0.25) is 4.79 Å². The van der Waals surface area contributed by atoms with Crippen molar-refractivity contribution in [2.45, 2.75) is 94.8 Å². The van der Waals surface area contributed by atoms with E-state index in [1.807, 2.05) is 0 Å². The summed E-state index contributed by atoms with van der Waals surface area (Å²) >= 11 is 0. The van der Waals surface area contributed by atoms with Gasteiger partial charge >= 0.3 is 0 Å². The molecule has 1 amide bonds. The fourth-order valence-corrected chi connectivity index (χ4v) is 6.89. The summed E-state index contributed by atoms with van der Waals surface area (Å²) in [4.78, 5) is 11.7. The van der Waals surface area contributed by atoms with Crippen molar-refractivity contribution in [3.05, 3.63) is 12.4 Å². The van der Waals surface area contributed by atoms with Gasteiger partial charge in [0.25, 0.3) is 0 Å². The maximum Gasteiger partial charge on any atom is 0.243 e. The second-order valence-corrected chi connectivity index (χ2v) is 12.1. The van der Waals surface area contributed by atoms with Crippen molar-refractivity contribution in [2.24, 2.45) is 5.92 Å². The molecule has 0 spiro atoms. The summed E-state index contributed by atoms with van der Waals surface area (Å²) in [6, 6.07) is -0.728. The smallest absolute Gasteiger partial charge is 0.243 e. The quantitative estimate of drug-likeness (QED) is 0.513. The van der Waals surface area contributed by atoms with E-state index in [0.29, 0.717) is 5.92 Å². The maximum absolute atomic E-state index is 12.7. The summed E-state index contributed by atoms with van der Waals surface area (Å²) in [5.41, 5.74) is 0. The zero-order valence-electron chi connectivity index (χ0n) is 18.3. The monoisotopic (exact) mass is 462 g/mol. The molecule has 1 aromatic rings. The predicted octanol–water partition coefficient (Wildman–Crippen LogP) is 1.56. The van der Waals surface area contributed by atoms with Crippen molar-refractivity contribution in [3.8, 4) is 0 Å². The number of carbonyl (C=O) groups excluding carboxylic acids is 1. The highest BCUT2D eigenvalue weighted by molar-refractivity contribution is 7.92. The van der Waals surface area contributed by atoms with E-state index >= 15 is 0 Å². The van der Waals surface area contributed by atoms with Gasteiger partial charge in [0.05, 0.1) is 0 Å². The summed E-state index contributed by atoms with van der Waals surface area (Å²) in [7, 11) is -8.16. The average Bonchev–Trinajstić information content (AvgIpc) is 3.00. The number of carbonyl (C=O) groups is 1. The average molecular weight is 463 g/mol. The molecule has 0 bridgehead atoms. The Morgan fingerprint density at radius 1 is 0.933 bits per heavy atom. The van der Waals surface area contributed by atoms with Crippen LogP contribution in [0.2, 0.25) is 0 Å². The van der Waals surface area contributed by atoms with Crippen molar-refractivity contribution in [2.75, 3.05) is 0 Å². The first-order valence-electron chi connectivity index (χ1n) is 10.3. The molecule has 9 nitrogen and oxygen atoms in total. The first-order chi connectivity index (χ1) is 13.8. The van der Waals surface area contributed by atoms with Crippen LogP contribution in [0.4, 0.5) is 0 Å². The van der Waals surface area contributed by atoms with Crippen molar-refractivity contribution in [1.82, 2.24) is 19.3 Å². The fourth-order valence-electron chi connectivity index (χ4n) is 3.55. The molecule has 0 radical (unpaired) electrons. The van der Waals surface area contributed by atoms with Crippen LogP contribution >= 0.6 is 0 Å². The summed E-state index contributed by atoms with van der Waals surface area (Å²) in [6.07, 6.45) is 6.33. The molecule has 172 valence electrons. The molecule has 1 saturated carbocycles. The SMILES string of the molecule is CC1CCC(NC(=O)Cn2cc(S(=O)(=O)NC(C)C)c(S(=O)(=O)NC(C)C)c2)CC1. The van der Waals surface area contributed by atoms with Gasteiger partial charge in [0.2, 0.25) is 26.0 Å². The molecule has 1 heterocycles. The number of sulfonamides is 2. The summed E-state index contributed by atoms with van der Waals surface area (Å²) < 4.78 is 57.0. The Labute approximate surface area is 180 Å². The minimum atomic E-state index is -4.08. The third kappa shape index (κ3) is 6.79. The van der Waals surface area contributed by atoms with Crippen molar-refractivity contribution in [1.29, 1.82) is 0 Å². The van der Waals surface area contributed by atoms with Crippen LogP contribution in [0.25, 0.3) is 0 Å². The summed E-state index contributed by atoms with van der Waals surface area (Å²) in [6.45, 7) is 8.62. The van der Waals surface area contributed by atoms with Gasteiger partial charge in [-0.1, -0.05) is 6.92 Å². The van der Waals surface area contributed by atoms with Gasteiger partial charge in [-0.25, -0.2) is 26.3 Å². The van der Waals surface area contributed by atoms with Gasteiger partial charge in [-0.2, -0.15) is 0 Å². The standard InChI is InChI=1S/C19H34N4O5S2/c1-13(2)21-29(25,26)17-10-23(11-18(17)30(27,28)22-14(3)4)12-19(24)20-16-8-6-15(5)7-9-16/h10-11,13-16,21-22H,6-9,12H2,1-5H3,(H,20,24). The van der Waals surface area contributed by atoms with E-state index in [9.17, 15) is 21.6 Å². The lowest BCUT2D eigenvalue weighted by molar-refractivity contribution is -0.122. The van der Waals surface area contributed by atoms with Crippen LogP contribution in [-0.4, -0.2) is 45.4 Å². The Morgan fingerprint density at radius 2 is 1.37 bits per heavy atom. The highest BCUT2D eigenvalue weighted by Crippen LogP contribution is 2.24. The number of rotatable bonds is 9. The lowest BCUT2D eigenvalue weighted by Gasteiger charge is -2.26. The van der Waals surface area contributed by atoms with Gasteiger partial charge in [-0.05, 0) is 59.3 Å². The number of amides is 1. The molecule has 0 unspecified atom stereocenters. The Bertz CT molecular complexity index is 886. The number of nitrogens with zero attached hydrogens (tertiary/aromatic N) is 1. The van der Waals surface area contributed by atoms with Gasteiger partial charge in [0.1, 0.15) is 16.3 Å². The van der Waals surface area contributed by atoms with Crippen LogP contribution in [0, 0.1) is 5.92 Å². The maximum atomic E-state index is 12.7. The molecule has 1 fully saturated rings. The van der Waals surface area contributed by atoms with E-state index in [0.717, 1.165) is 25.7 Å². The molecule has 3 N–H and O–H groups in total. The van der Waals surface area contributed by atoms with E-state index in [1.54, 1.807) is 27.7 Å². The lowest BCUT2D eigenvalue weighted by atomic mass is 9.87. The molecule has 2 rings (SSSR count). The van der Waals surface area contributed by atoms with E-state index < -0.39 is 32.1 Å². The van der Waals surface area contributed by atoms with Crippen LogP contribution in [0.1, 0.15) is 60.3 Å². The van der Waals surface area contributed by atoms with Gasteiger partial charge in [0.15, 0.2) is 0 Å². The number of aromatic nitrogens is 1. The molecule has 0 aromatic carbocycles. The highest BCUT2D eigenvalue weighted by atomic mass is 32.2. The molecule has 1 aliphatic carbocycles. The van der Waals surface area contributed by atoms with E-state index in [2.05, 4.69) is 21.7 Å². The molecule has 30 heavy (non-hydrogen) atoms. The predicted molar refractivity (Wildman–Crippen MR) is 115 cm³/mol. The molecule has 0 atom stereocenters. The summed E-state index contributed by atoms with van der Waals surface area (Å²) in [5.74, 6) is 0.385. The minimum Gasteiger partial charge on any atom is -0.352 e. The number of hydrogen-bond acceptors (Lipinski definition) is 5. The first-order valence-corrected chi connectivity index (χ1v) is 13.3. The van der Waals surface area contributed by atoms with Crippen molar-refractivity contribution < 1.29 is 21.6 Å². The largest absolute Gasteiger partial charge is 0.352 e. The lowest BCUT2D eigenvalue weighted by Crippen LogP contribution is -2.39. The van der Waals surface area contributed by atoms with Crippen LogP contribution < -0.4 is 14.8 Å². The fraction of sp³-hybridized carbons (Fsp3) is 0.737. The van der Waals surface area contributed by atoms with Crippen LogP contribution in [0.5, 0.6) is 0 Å². The molecule has 0 aliphatic heterocycles. The number of nitrogens with one attached hydrogen (secondary N) is 3. The van der Waals surface area contributed by atoms with Crippen LogP contribution in [0.15, 0.2) is 22.2 Å². The third-order valence-corrected chi connectivity index (χ3v) is 8.38. The Morgan fingerprint density at radius 3 is 1.77 bits per heavy atom. The Kier molecular flexibility index (Phi) is 8.11. The molecular weight excluding hydrogens is 428 g/mol. The molecule has 0 saturated heterocycles. The van der Waals surface area contributed by atoms with Gasteiger partial charge in [0, 0.05) is 30.5 Å². The third-order valence-electron chi connectivity index (χ3n) is 4.88. The molecular formula is C19H34N4O5S2. The van der Waals surface area contributed by atoms with E-state index in [1.165, 1.54) is 17.0 Å². The Hall–Kier alpha value is -1.43. The summed E-state index contributed by atoms with van der Waals surface area (Å²) in [5, 5.41) is 2.97. The zero-order chi connectivity index (χ0) is 22.7. The molecule has 11 heteroatoms. The van der Waals surface area contributed by atoms with E-state index in [4.69, 9.17) is 0 Å². The minimum absolute atomic E-state index is 0.0980. The second kappa shape index (κ2) is 9.80. The van der Waals surface area contributed by atoms with Crippen molar-refractivity contribution in [3.63, 3.8) is 0 Å². The first kappa shape index (κ1) is 24.8. The zero-order valence-corrected chi connectivity index (χ0v) is 19.9. The van der Waals surface area contributed by atoms with Gasteiger partial charge < -0.3 is 9.88 Å².